The van der Waals surface area contributed by atoms with Crippen LogP contribution in [0.15, 0.2) is 36.4 Å². The van der Waals surface area contributed by atoms with Gasteiger partial charge in [0.25, 0.3) is 5.91 Å². The SMILES string of the molecule is CC(=O)c1ccc(CCNC(=O)c2ccccc2Cl)s1. The predicted octanol–water partition coefficient (Wildman–Crippen LogP) is 3.58. The number of hydrogen-bond donors (Lipinski definition) is 1. The lowest BCUT2D eigenvalue weighted by Crippen LogP contribution is -2.25. The molecule has 1 aromatic heterocycles. The third kappa shape index (κ3) is 3.68. The molecular weight excluding hydrogens is 294 g/mol. The van der Waals surface area contributed by atoms with Crippen LogP contribution >= 0.6 is 22.9 Å². The second-order valence-electron chi connectivity index (χ2n) is 4.31. The largest absolute Gasteiger partial charge is 0.352 e. The summed E-state index contributed by atoms with van der Waals surface area (Å²) in [6.45, 7) is 2.07. The van der Waals surface area contributed by atoms with Gasteiger partial charge >= 0.3 is 0 Å². The van der Waals surface area contributed by atoms with Crippen molar-refractivity contribution in [3.8, 4) is 0 Å². The van der Waals surface area contributed by atoms with Crippen molar-refractivity contribution in [1.82, 2.24) is 5.32 Å². The fourth-order valence-electron chi connectivity index (χ4n) is 1.74. The summed E-state index contributed by atoms with van der Waals surface area (Å²) in [7, 11) is 0. The molecule has 0 spiro atoms. The molecule has 0 aliphatic rings. The number of amides is 1. The highest BCUT2D eigenvalue weighted by Crippen LogP contribution is 2.17. The van der Waals surface area contributed by atoms with Gasteiger partial charge in [0, 0.05) is 11.4 Å². The lowest BCUT2D eigenvalue weighted by atomic mass is 10.2. The van der Waals surface area contributed by atoms with Crippen LogP contribution in [0.25, 0.3) is 0 Å². The Morgan fingerprint density at radius 3 is 2.60 bits per heavy atom. The summed E-state index contributed by atoms with van der Waals surface area (Å²) in [5.74, 6) is -0.111. The maximum absolute atomic E-state index is 11.9. The lowest BCUT2D eigenvalue weighted by Gasteiger charge is -2.05. The van der Waals surface area contributed by atoms with Crippen LogP contribution in [0.3, 0.4) is 0 Å². The first-order valence-corrected chi connectivity index (χ1v) is 7.40. The van der Waals surface area contributed by atoms with E-state index in [9.17, 15) is 9.59 Å². The highest BCUT2D eigenvalue weighted by Gasteiger charge is 2.09. The van der Waals surface area contributed by atoms with E-state index in [4.69, 9.17) is 11.6 Å². The number of carbonyl (C=O) groups excluding carboxylic acids is 2. The van der Waals surface area contributed by atoms with E-state index in [1.54, 1.807) is 31.2 Å². The monoisotopic (exact) mass is 307 g/mol. The van der Waals surface area contributed by atoms with Gasteiger partial charge in [-0.2, -0.15) is 0 Å². The van der Waals surface area contributed by atoms with Crippen LogP contribution in [0.1, 0.15) is 31.8 Å². The highest BCUT2D eigenvalue weighted by atomic mass is 35.5. The Morgan fingerprint density at radius 2 is 1.95 bits per heavy atom. The molecule has 0 saturated carbocycles. The Kier molecular flexibility index (Phi) is 4.93. The van der Waals surface area contributed by atoms with Gasteiger partial charge in [0.2, 0.25) is 0 Å². The van der Waals surface area contributed by atoms with E-state index in [1.807, 2.05) is 12.1 Å². The van der Waals surface area contributed by atoms with Gasteiger partial charge in [0.05, 0.1) is 15.5 Å². The summed E-state index contributed by atoms with van der Waals surface area (Å²) in [6.07, 6.45) is 0.703. The Bertz CT molecular complexity index is 636. The Labute approximate surface area is 126 Å². The Hall–Kier alpha value is -1.65. The van der Waals surface area contributed by atoms with Gasteiger partial charge in [-0.05, 0) is 37.6 Å². The molecule has 0 radical (unpaired) electrons. The number of nitrogens with one attached hydrogen (secondary N) is 1. The van der Waals surface area contributed by atoms with Crippen molar-refractivity contribution < 1.29 is 9.59 Å². The molecule has 5 heteroatoms. The average Bonchev–Trinajstić information content (AvgIpc) is 2.88. The number of hydrogen-bond acceptors (Lipinski definition) is 3. The molecule has 0 saturated heterocycles. The number of halogens is 1. The van der Waals surface area contributed by atoms with Crippen LogP contribution in [0, 0.1) is 0 Å². The van der Waals surface area contributed by atoms with Crippen molar-refractivity contribution in [3.05, 3.63) is 56.7 Å². The van der Waals surface area contributed by atoms with Crippen LogP contribution in [0.4, 0.5) is 0 Å². The molecule has 1 aromatic carbocycles. The molecule has 0 atom stereocenters. The van der Waals surface area contributed by atoms with Crippen molar-refractivity contribution in [1.29, 1.82) is 0 Å². The van der Waals surface area contributed by atoms with Gasteiger partial charge in [-0.15, -0.1) is 11.3 Å². The molecule has 0 aliphatic carbocycles. The average molecular weight is 308 g/mol. The molecule has 1 amide bonds. The van der Waals surface area contributed by atoms with Crippen LogP contribution < -0.4 is 5.32 Å². The minimum atomic E-state index is -0.182. The number of thiophene rings is 1. The van der Waals surface area contributed by atoms with Crippen molar-refractivity contribution >= 4 is 34.6 Å². The molecule has 2 aromatic rings. The number of ketones is 1. The van der Waals surface area contributed by atoms with E-state index >= 15 is 0 Å². The highest BCUT2D eigenvalue weighted by molar-refractivity contribution is 7.14. The van der Waals surface area contributed by atoms with Gasteiger partial charge in [0.15, 0.2) is 5.78 Å². The number of Topliss-reactive ketones (excluding diaryl/α,β-unsaturated/α-hetero) is 1. The third-order valence-corrected chi connectivity index (χ3v) is 4.36. The predicted molar refractivity (Wildman–Crippen MR) is 81.8 cm³/mol. The van der Waals surface area contributed by atoms with Gasteiger partial charge in [0.1, 0.15) is 0 Å². The van der Waals surface area contributed by atoms with Gasteiger partial charge < -0.3 is 5.32 Å². The zero-order valence-corrected chi connectivity index (χ0v) is 12.6. The normalized spacial score (nSPS) is 10.3. The molecule has 104 valence electrons. The van der Waals surface area contributed by atoms with Crippen molar-refractivity contribution in [3.63, 3.8) is 0 Å². The van der Waals surface area contributed by atoms with Gasteiger partial charge in [-0.25, -0.2) is 0 Å². The summed E-state index contributed by atoms with van der Waals surface area (Å²) in [5.41, 5.74) is 0.477. The van der Waals surface area contributed by atoms with Crippen LogP contribution in [-0.4, -0.2) is 18.2 Å². The summed E-state index contributed by atoms with van der Waals surface area (Å²) < 4.78 is 0. The molecular formula is C15H14ClNO2S. The molecule has 1 N–H and O–H groups in total. The van der Waals surface area contributed by atoms with Crippen LogP contribution in [-0.2, 0) is 6.42 Å². The van der Waals surface area contributed by atoms with E-state index in [0.717, 1.165) is 9.75 Å². The zero-order valence-electron chi connectivity index (χ0n) is 11.0. The zero-order chi connectivity index (χ0) is 14.5. The quantitative estimate of drug-likeness (QED) is 0.858. The summed E-state index contributed by atoms with van der Waals surface area (Å²) in [4.78, 5) is 24.9. The molecule has 0 aliphatic heterocycles. The minimum Gasteiger partial charge on any atom is -0.352 e. The second kappa shape index (κ2) is 6.68. The topological polar surface area (TPSA) is 46.2 Å². The van der Waals surface area contributed by atoms with E-state index in [2.05, 4.69) is 5.32 Å². The summed E-state index contributed by atoms with van der Waals surface area (Å²) in [5, 5.41) is 3.27. The van der Waals surface area contributed by atoms with E-state index in [-0.39, 0.29) is 11.7 Å². The summed E-state index contributed by atoms with van der Waals surface area (Å²) >= 11 is 7.42. The lowest BCUT2D eigenvalue weighted by molar-refractivity contribution is 0.0953. The van der Waals surface area contributed by atoms with Crippen molar-refractivity contribution in [2.75, 3.05) is 6.54 Å². The van der Waals surface area contributed by atoms with Crippen molar-refractivity contribution in [2.24, 2.45) is 0 Å². The minimum absolute atomic E-state index is 0.0707. The number of carbonyl (C=O) groups is 2. The van der Waals surface area contributed by atoms with Gasteiger partial charge in [-0.3, -0.25) is 9.59 Å². The van der Waals surface area contributed by atoms with Crippen LogP contribution in [0.5, 0.6) is 0 Å². The Morgan fingerprint density at radius 1 is 1.20 bits per heavy atom. The first-order valence-electron chi connectivity index (χ1n) is 6.20. The van der Waals surface area contributed by atoms with E-state index in [1.165, 1.54) is 11.3 Å². The first-order chi connectivity index (χ1) is 9.58. The smallest absolute Gasteiger partial charge is 0.252 e. The summed E-state index contributed by atoms with van der Waals surface area (Å²) in [6, 6.07) is 10.7. The van der Waals surface area contributed by atoms with E-state index in [0.29, 0.717) is 23.6 Å². The standard InChI is InChI=1S/C15H14ClNO2S/c1-10(18)14-7-6-11(20-14)8-9-17-15(19)12-4-2-3-5-13(12)16/h2-7H,8-9H2,1H3,(H,17,19). The molecule has 0 fully saturated rings. The van der Waals surface area contributed by atoms with Crippen molar-refractivity contribution in [2.45, 2.75) is 13.3 Å². The number of benzene rings is 1. The second-order valence-corrected chi connectivity index (χ2v) is 5.88. The molecule has 0 bridgehead atoms. The van der Waals surface area contributed by atoms with E-state index < -0.39 is 0 Å². The molecule has 3 nitrogen and oxygen atoms in total. The molecule has 0 unspecified atom stereocenters. The first kappa shape index (κ1) is 14.8. The fraction of sp³-hybridized carbons (Fsp3) is 0.200. The molecule has 20 heavy (non-hydrogen) atoms. The third-order valence-electron chi connectivity index (χ3n) is 2.78. The molecule has 2 rings (SSSR count). The Balaban J connectivity index is 1.88. The number of rotatable bonds is 5. The maximum atomic E-state index is 11.9. The van der Waals surface area contributed by atoms with Crippen LogP contribution in [0.2, 0.25) is 5.02 Å². The van der Waals surface area contributed by atoms with Gasteiger partial charge in [-0.1, -0.05) is 23.7 Å². The molecule has 1 heterocycles. The maximum Gasteiger partial charge on any atom is 0.252 e. The fourth-order valence-corrected chi connectivity index (χ4v) is 2.87.